The van der Waals surface area contributed by atoms with Gasteiger partial charge in [-0.15, -0.1) is 0 Å². The molecular formula is C55H35N3O. The van der Waals surface area contributed by atoms with Gasteiger partial charge in [0.2, 0.25) is 0 Å². The lowest BCUT2D eigenvalue weighted by molar-refractivity contribution is 0.671. The van der Waals surface area contributed by atoms with Crippen LogP contribution in [0.3, 0.4) is 0 Å². The predicted octanol–water partition coefficient (Wildman–Crippen LogP) is 14.3. The van der Waals surface area contributed by atoms with E-state index in [-0.39, 0.29) is 5.92 Å². The van der Waals surface area contributed by atoms with E-state index in [1.807, 2.05) is 42.5 Å². The minimum atomic E-state index is 0.0447. The Morgan fingerprint density at radius 3 is 1.75 bits per heavy atom. The van der Waals surface area contributed by atoms with Gasteiger partial charge in [-0.1, -0.05) is 176 Å². The van der Waals surface area contributed by atoms with E-state index in [2.05, 4.69) is 152 Å². The highest BCUT2D eigenvalue weighted by Crippen LogP contribution is 2.45. The first-order valence-corrected chi connectivity index (χ1v) is 20.2. The molecule has 0 saturated carbocycles. The lowest BCUT2D eigenvalue weighted by Gasteiger charge is -2.24. The molecule has 11 aromatic rings. The molecule has 0 fully saturated rings. The molecule has 0 amide bonds. The molecule has 59 heavy (non-hydrogen) atoms. The molecular weight excluding hydrogens is 719 g/mol. The summed E-state index contributed by atoms with van der Waals surface area (Å²) in [5, 5.41) is 8.37. The molecule has 12 rings (SSSR count). The Labute approximate surface area is 340 Å². The number of furan rings is 1. The van der Waals surface area contributed by atoms with Gasteiger partial charge in [0.1, 0.15) is 11.2 Å². The third-order valence-electron chi connectivity index (χ3n) is 12.0. The third kappa shape index (κ3) is 5.49. The zero-order valence-electron chi connectivity index (χ0n) is 32.0. The number of nitrogens with zero attached hydrogens (tertiary/aromatic N) is 3. The molecule has 0 radical (unpaired) electrons. The predicted molar refractivity (Wildman–Crippen MR) is 243 cm³/mol. The van der Waals surface area contributed by atoms with Crippen molar-refractivity contribution in [3.8, 4) is 45.0 Å². The molecule has 1 aliphatic rings. The molecule has 1 aliphatic carbocycles. The Balaban J connectivity index is 1.01. The van der Waals surface area contributed by atoms with Gasteiger partial charge in [0, 0.05) is 38.9 Å². The van der Waals surface area contributed by atoms with E-state index in [4.69, 9.17) is 19.4 Å². The maximum atomic E-state index is 6.78. The molecule has 1 unspecified atom stereocenters. The molecule has 276 valence electrons. The maximum absolute atomic E-state index is 6.78. The first kappa shape index (κ1) is 33.4. The average molecular weight is 754 g/mol. The zero-order valence-corrected chi connectivity index (χ0v) is 32.0. The Morgan fingerprint density at radius 2 is 1.03 bits per heavy atom. The minimum absolute atomic E-state index is 0.0447. The van der Waals surface area contributed by atoms with E-state index in [0.29, 0.717) is 5.82 Å². The van der Waals surface area contributed by atoms with Crippen LogP contribution in [-0.2, 0) is 6.42 Å². The summed E-state index contributed by atoms with van der Waals surface area (Å²) in [4.78, 5) is 15.8. The number of para-hydroxylation sites is 2. The standard InChI is InChI=1S/C55H35N3O/c1-3-14-35(15-4-1)48-33-49(36-16-5-2-6-17-36)57-55(56-48)37-28-26-34(27-29-37)39-23-13-24-46-53(39)58-52(51-45-22-11-12-25-50(45)59-54(46)51)38-30-31-44-42-20-8-7-18-40(42)41-19-9-10-21-43(41)47(44)32-38/h1-31,33,38H,32H2. The molecule has 0 bridgehead atoms. The maximum Gasteiger partial charge on any atom is 0.160 e. The number of fused-ring (bicyclic) bond motifs is 11. The van der Waals surface area contributed by atoms with Crippen LogP contribution < -0.4 is 0 Å². The normalized spacial score (nSPS) is 13.8. The topological polar surface area (TPSA) is 51.8 Å². The SMILES string of the molecule is C1=CC(c2nc3c(-c4ccc(-c5nc(-c6ccccc6)cc(-c6ccccc6)n5)cc4)cccc3c3oc4ccccc4c23)Cc2c1c1ccccc1c1ccccc21. The number of benzene rings is 8. The van der Waals surface area contributed by atoms with Gasteiger partial charge < -0.3 is 4.42 Å². The second-order valence-corrected chi connectivity index (χ2v) is 15.4. The van der Waals surface area contributed by atoms with Crippen molar-refractivity contribution < 1.29 is 4.42 Å². The largest absolute Gasteiger partial charge is 0.455 e. The zero-order chi connectivity index (χ0) is 38.9. The van der Waals surface area contributed by atoms with Crippen LogP contribution in [-0.4, -0.2) is 15.0 Å². The number of aromatic nitrogens is 3. The molecule has 0 aliphatic heterocycles. The summed E-state index contributed by atoms with van der Waals surface area (Å²) < 4.78 is 6.78. The van der Waals surface area contributed by atoms with Crippen LogP contribution in [0.2, 0.25) is 0 Å². The van der Waals surface area contributed by atoms with Crippen molar-refractivity contribution >= 4 is 60.5 Å². The van der Waals surface area contributed by atoms with E-state index in [0.717, 1.165) is 84.2 Å². The Hall–Kier alpha value is -7.69. The van der Waals surface area contributed by atoms with Crippen molar-refractivity contribution in [1.82, 2.24) is 15.0 Å². The first-order chi connectivity index (χ1) is 29.2. The highest BCUT2D eigenvalue weighted by Gasteiger charge is 2.27. The van der Waals surface area contributed by atoms with Gasteiger partial charge in [-0.05, 0) is 62.9 Å². The van der Waals surface area contributed by atoms with Gasteiger partial charge in [0.25, 0.3) is 0 Å². The molecule has 3 heterocycles. The van der Waals surface area contributed by atoms with Gasteiger partial charge >= 0.3 is 0 Å². The van der Waals surface area contributed by atoms with Crippen LogP contribution in [0.4, 0.5) is 0 Å². The Morgan fingerprint density at radius 1 is 0.458 bits per heavy atom. The summed E-state index contributed by atoms with van der Waals surface area (Å²) in [6.07, 6.45) is 5.54. The second-order valence-electron chi connectivity index (χ2n) is 15.4. The van der Waals surface area contributed by atoms with Gasteiger partial charge in [-0.3, -0.25) is 4.98 Å². The number of hydrogen-bond acceptors (Lipinski definition) is 4. The molecule has 8 aromatic carbocycles. The lowest BCUT2D eigenvalue weighted by atomic mass is 9.81. The summed E-state index contributed by atoms with van der Waals surface area (Å²) in [7, 11) is 0. The summed E-state index contributed by atoms with van der Waals surface area (Å²) in [5.74, 6) is 0.729. The van der Waals surface area contributed by atoms with E-state index in [1.54, 1.807) is 0 Å². The molecule has 3 aromatic heterocycles. The summed E-state index contributed by atoms with van der Waals surface area (Å²) in [5.41, 5.74) is 13.3. The molecule has 4 nitrogen and oxygen atoms in total. The molecule has 1 atom stereocenters. The molecule has 4 heteroatoms. The van der Waals surface area contributed by atoms with Crippen molar-refractivity contribution in [3.63, 3.8) is 0 Å². The van der Waals surface area contributed by atoms with E-state index in [1.165, 1.54) is 32.7 Å². The summed E-state index contributed by atoms with van der Waals surface area (Å²) in [6, 6.07) is 63.7. The van der Waals surface area contributed by atoms with E-state index in [9.17, 15) is 0 Å². The van der Waals surface area contributed by atoms with Gasteiger partial charge in [-0.2, -0.15) is 0 Å². The van der Waals surface area contributed by atoms with Crippen LogP contribution in [0.5, 0.6) is 0 Å². The fourth-order valence-electron chi connectivity index (χ4n) is 9.24. The lowest BCUT2D eigenvalue weighted by Crippen LogP contribution is -2.09. The molecule has 0 spiro atoms. The first-order valence-electron chi connectivity index (χ1n) is 20.2. The Kier molecular flexibility index (Phi) is 7.63. The fraction of sp³-hybridized carbons (Fsp3) is 0.0364. The van der Waals surface area contributed by atoms with Crippen LogP contribution in [0.15, 0.2) is 192 Å². The number of allylic oxidation sites excluding steroid dienone is 1. The summed E-state index contributed by atoms with van der Waals surface area (Å²) in [6.45, 7) is 0. The van der Waals surface area contributed by atoms with Crippen molar-refractivity contribution in [2.75, 3.05) is 0 Å². The monoisotopic (exact) mass is 753 g/mol. The average Bonchev–Trinajstić information content (AvgIpc) is 3.72. The Bertz CT molecular complexity index is 3400. The van der Waals surface area contributed by atoms with Crippen LogP contribution in [0, 0.1) is 0 Å². The highest BCUT2D eigenvalue weighted by atomic mass is 16.3. The van der Waals surface area contributed by atoms with Crippen molar-refractivity contribution in [2.45, 2.75) is 12.3 Å². The quantitative estimate of drug-likeness (QED) is 0.164. The third-order valence-corrected chi connectivity index (χ3v) is 12.0. The second kappa shape index (κ2) is 13.5. The van der Waals surface area contributed by atoms with E-state index >= 15 is 0 Å². The van der Waals surface area contributed by atoms with Gasteiger partial charge in [-0.25, -0.2) is 9.97 Å². The minimum Gasteiger partial charge on any atom is -0.455 e. The number of hydrogen-bond donors (Lipinski definition) is 0. The highest BCUT2D eigenvalue weighted by molar-refractivity contribution is 6.18. The molecule has 0 saturated heterocycles. The van der Waals surface area contributed by atoms with Gasteiger partial charge in [0.15, 0.2) is 5.82 Å². The van der Waals surface area contributed by atoms with E-state index < -0.39 is 0 Å². The smallest absolute Gasteiger partial charge is 0.160 e. The van der Waals surface area contributed by atoms with Crippen LogP contribution in [0.1, 0.15) is 22.7 Å². The number of rotatable bonds is 5. The van der Waals surface area contributed by atoms with Gasteiger partial charge in [0.05, 0.1) is 28.0 Å². The van der Waals surface area contributed by atoms with Crippen LogP contribution >= 0.6 is 0 Å². The summed E-state index contributed by atoms with van der Waals surface area (Å²) >= 11 is 0. The van der Waals surface area contributed by atoms with Crippen LogP contribution in [0.25, 0.3) is 105 Å². The molecule has 0 N–H and O–H groups in total. The fourth-order valence-corrected chi connectivity index (χ4v) is 9.24. The van der Waals surface area contributed by atoms with Crippen molar-refractivity contribution in [2.24, 2.45) is 0 Å². The van der Waals surface area contributed by atoms with Crippen molar-refractivity contribution in [1.29, 1.82) is 0 Å². The number of pyridine rings is 1. The van der Waals surface area contributed by atoms with Crippen molar-refractivity contribution in [3.05, 3.63) is 205 Å².